The Morgan fingerprint density at radius 1 is 0.762 bits per heavy atom. The summed E-state index contributed by atoms with van der Waals surface area (Å²) in [5, 5.41) is -2.44. The van der Waals surface area contributed by atoms with Gasteiger partial charge in [-0.25, -0.2) is 4.39 Å². The summed E-state index contributed by atoms with van der Waals surface area (Å²) < 4.78 is 45.9. The highest BCUT2D eigenvalue weighted by molar-refractivity contribution is 7.87. The van der Waals surface area contributed by atoms with Gasteiger partial charge in [-0.3, -0.25) is 4.55 Å². The fraction of sp³-hybridized carbons (Fsp3) is 1.00. The number of hydrogen-bond donors (Lipinski definition) is 1. The summed E-state index contributed by atoms with van der Waals surface area (Å²) in [5.74, 6) is 0. The number of alkyl halides is 1. The van der Waals surface area contributed by atoms with Crippen molar-refractivity contribution in [3.05, 3.63) is 0 Å². The Bertz CT molecular complexity index is 343. The van der Waals surface area contributed by atoms with E-state index in [9.17, 15) is 12.8 Å². The van der Waals surface area contributed by atoms with Gasteiger partial charge in [0.2, 0.25) is 5.00 Å². The van der Waals surface area contributed by atoms with E-state index in [0.717, 1.165) is 25.7 Å². The van der Waals surface area contributed by atoms with Gasteiger partial charge in [0.05, 0.1) is 0 Å². The molecule has 0 aliphatic rings. The van der Waals surface area contributed by atoms with Crippen LogP contribution < -0.4 is 0 Å². The smallest absolute Gasteiger partial charge is 0.283 e. The summed E-state index contributed by atoms with van der Waals surface area (Å²) in [6.45, 7) is 4.07. The average molecular weight is 325 g/mol. The van der Waals surface area contributed by atoms with Gasteiger partial charge in [-0.15, -0.1) is 0 Å². The van der Waals surface area contributed by atoms with Crippen LogP contribution in [0.1, 0.15) is 97.3 Å². The van der Waals surface area contributed by atoms with Gasteiger partial charge in [-0.1, -0.05) is 71.6 Å². The quantitative estimate of drug-likeness (QED) is 0.332. The van der Waals surface area contributed by atoms with Crippen LogP contribution >= 0.6 is 0 Å². The molecule has 0 aromatic carbocycles. The Labute approximate surface area is 130 Å². The van der Waals surface area contributed by atoms with Crippen LogP contribution in [0.5, 0.6) is 0 Å². The zero-order chi connectivity index (χ0) is 16.2. The number of rotatable bonds is 14. The van der Waals surface area contributed by atoms with Crippen molar-refractivity contribution in [3.8, 4) is 0 Å². The van der Waals surface area contributed by atoms with Crippen LogP contribution in [0.2, 0.25) is 0 Å². The maximum absolute atomic E-state index is 14.4. The van der Waals surface area contributed by atoms with Crippen molar-refractivity contribution in [3.63, 3.8) is 0 Å². The monoisotopic (exact) mass is 324 g/mol. The van der Waals surface area contributed by atoms with E-state index >= 15 is 0 Å². The van der Waals surface area contributed by atoms with Crippen molar-refractivity contribution in [2.75, 3.05) is 0 Å². The normalized spacial score (nSPS) is 15.0. The van der Waals surface area contributed by atoms with Crippen molar-refractivity contribution in [1.82, 2.24) is 0 Å². The molecule has 3 nitrogen and oxygen atoms in total. The fourth-order valence-corrected chi connectivity index (χ4v) is 3.33. The molecule has 0 spiro atoms. The Kier molecular flexibility index (Phi) is 11.3. The molecule has 0 bridgehead atoms. The largest absolute Gasteiger partial charge is 0.300 e. The molecule has 0 aromatic heterocycles. The van der Waals surface area contributed by atoms with Gasteiger partial charge in [0.15, 0.2) is 0 Å². The Morgan fingerprint density at radius 2 is 1.14 bits per heavy atom. The zero-order valence-electron chi connectivity index (χ0n) is 13.7. The fourth-order valence-electron chi connectivity index (χ4n) is 2.52. The highest BCUT2D eigenvalue weighted by atomic mass is 32.2. The molecule has 0 amide bonds. The lowest BCUT2D eigenvalue weighted by Crippen LogP contribution is -2.33. The average Bonchev–Trinajstić information content (AvgIpc) is 2.42. The summed E-state index contributed by atoms with van der Waals surface area (Å²) in [7, 11) is -4.61. The molecule has 0 saturated carbocycles. The second-order valence-corrected chi connectivity index (χ2v) is 7.72. The van der Waals surface area contributed by atoms with E-state index < -0.39 is 15.1 Å². The second kappa shape index (κ2) is 11.4. The first kappa shape index (κ1) is 20.8. The molecule has 1 atom stereocenters. The van der Waals surface area contributed by atoms with Crippen molar-refractivity contribution in [1.29, 1.82) is 0 Å². The first-order valence-electron chi connectivity index (χ1n) is 8.53. The molecule has 21 heavy (non-hydrogen) atoms. The van der Waals surface area contributed by atoms with E-state index in [-0.39, 0.29) is 12.8 Å². The molecule has 0 rings (SSSR count). The van der Waals surface area contributed by atoms with Crippen LogP contribution in [0.15, 0.2) is 0 Å². The predicted octanol–water partition coefficient (Wildman–Crippen LogP) is 5.65. The van der Waals surface area contributed by atoms with Gasteiger partial charge < -0.3 is 0 Å². The SMILES string of the molecule is CCCCCCCCCCCC(F)(CCCC)S(=O)(=O)O. The first-order valence-corrected chi connectivity index (χ1v) is 9.97. The first-order chi connectivity index (χ1) is 9.87. The topological polar surface area (TPSA) is 54.4 Å². The molecule has 0 fully saturated rings. The van der Waals surface area contributed by atoms with E-state index in [1.807, 2.05) is 6.92 Å². The minimum atomic E-state index is -4.61. The van der Waals surface area contributed by atoms with Crippen molar-refractivity contribution < 1.29 is 17.4 Å². The van der Waals surface area contributed by atoms with Gasteiger partial charge in [0, 0.05) is 0 Å². The number of hydrogen-bond acceptors (Lipinski definition) is 2. The van der Waals surface area contributed by atoms with Gasteiger partial charge >= 0.3 is 0 Å². The van der Waals surface area contributed by atoms with E-state index in [2.05, 4.69) is 6.92 Å². The van der Waals surface area contributed by atoms with E-state index in [0.29, 0.717) is 12.8 Å². The highest BCUT2D eigenvalue weighted by Crippen LogP contribution is 2.31. The van der Waals surface area contributed by atoms with Crippen LogP contribution in [0.4, 0.5) is 4.39 Å². The molecule has 0 aromatic rings. The Hall–Kier alpha value is -0.160. The third-order valence-electron chi connectivity index (χ3n) is 4.02. The van der Waals surface area contributed by atoms with Gasteiger partial charge in [0.25, 0.3) is 10.1 Å². The highest BCUT2D eigenvalue weighted by Gasteiger charge is 2.41. The van der Waals surface area contributed by atoms with Gasteiger partial charge in [-0.05, 0) is 25.7 Å². The van der Waals surface area contributed by atoms with Crippen molar-refractivity contribution >= 4 is 10.1 Å². The van der Waals surface area contributed by atoms with Crippen LogP contribution in [-0.4, -0.2) is 18.0 Å². The van der Waals surface area contributed by atoms with Gasteiger partial charge in [0.1, 0.15) is 0 Å². The predicted molar refractivity (Wildman–Crippen MR) is 86.8 cm³/mol. The maximum atomic E-state index is 14.4. The molecule has 0 aliphatic carbocycles. The molecular weight excluding hydrogens is 291 g/mol. The second-order valence-electron chi connectivity index (χ2n) is 6.04. The molecule has 0 aliphatic heterocycles. The minimum absolute atomic E-state index is 0.0817. The van der Waals surface area contributed by atoms with Crippen LogP contribution in [0, 0.1) is 0 Å². The summed E-state index contributed by atoms with van der Waals surface area (Å²) in [4.78, 5) is 0. The van der Waals surface area contributed by atoms with E-state index in [4.69, 9.17) is 4.55 Å². The van der Waals surface area contributed by atoms with Crippen LogP contribution in [-0.2, 0) is 10.1 Å². The van der Waals surface area contributed by atoms with Crippen molar-refractivity contribution in [2.24, 2.45) is 0 Å². The number of halogens is 1. The van der Waals surface area contributed by atoms with Crippen LogP contribution in [0.25, 0.3) is 0 Å². The standard InChI is InChI=1S/C16H33FO3S/c1-3-5-7-8-9-10-11-12-13-15-16(17,14-6-4-2)21(18,19)20/h3-15H2,1-2H3,(H,18,19,20). The summed E-state index contributed by atoms with van der Waals surface area (Å²) >= 11 is 0. The lowest BCUT2D eigenvalue weighted by molar-refractivity contribution is 0.204. The molecule has 0 heterocycles. The molecule has 5 heteroatoms. The van der Waals surface area contributed by atoms with Crippen LogP contribution in [0.3, 0.4) is 0 Å². The molecule has 1 unspecified atom stereocenters. The molecule has 0 radical (unpaired) electrons. The molecule has 0 saturated heterocycles. The molecular formula is C16H33FO3S. The van der Waals surface area contributed by atoms with E-state index in [1.165, 1.54) is 32.1 Å². The Morgan fingerprint density at radius 3 is 1.57 bits per heavy atom. The van der Waals surface area contributed by atoms with Gasteiger partial charge in [-0.2, -0.15) is 8.42 Å². The third kappa shape index (κ3) is 9.46. The Balaban J connectivity index is 3.84. The summed E-state index contributed by atoms with van der Waals surface area (Å²) in [6.07, 6.45) is 10.8. The summed E-state index contributed by atoms with van der Waals surface area (Å²) in [6, 6.07) is 0. The molecule has 128 valence electrons. The zero-order valence-corrected chi connectivity index (χ0v) is 14.6. The van der Waals surface area contributed by atoms with E-state index in [1.54, 1.807) is 0 Å². The lowest BCUT2D eigenvalue weighted by Gasteiger charge is -2.21. The maximum Gasteiger partial charge on any atom is 0.300 e. The molecule has 1 N–H and O–H groups in total. The summed E-state index contributed by atoms with van der Waals surface area (Å²) in [5.41, 5.74) is 0. The third-order valence-corrected chi connectivity index (χ3v) is 5.35. The number of unbranched alkanes of at least 4 members (excludes halogenated alkanes) is 9. The minimum Gasteiger partial charge on any atom is -0.283 e. The van der Waals surface area contributed by atoms with Crippen molar-refractivity contribution in [2.45, 2.75) is 102 Å². The lowest BCUT2D eigenvalue weighted by atomic mass is 10.0.